The Morgan fingerprint density at radius 3 is 3.00 bits per heavy atom. The lowest BCUT2D eigenvalue weighted by molar-refractivity contribution is 0.621. The van der Waals surface area contributed by atoms with Crippen LogP contribution in [0.2, 0.25) is 0 Å². The summed E-state index contributed by atoms with van der Waals surface area (Å²) in [4.78, 5) is 7.30. The lowest BCUT2D eigenvalue weighted by Crippen LogP contribution is -2.36. The quantitative estimate of drug-likeness (QED) is 0.836. The standard InChI is InChI=1S/C13H19N3S/c1-3-10-7-6-9(2)16(10)13-11(12(14)17)5-4-8-15-13/h4-5,8-10H,3,6-7H2,1-2H3,(H2,14,17). The maximum absolute atomic E-state index is 5.78. The summed E-state index contributed by atoms with van der Waals surface area (Å²) in [5, 5.41) is 0. The minimum absolute atomic E-state index is 0.432. The Kier molecular flexibility index (Phi) is 3.62. The molecule has 17 heavy (non-hydrogen) atoms. The molecule has 2 rings (SSSR count). The van der Waals surface area contributed by atoms with Gasteiger partial charge in [0.05, 0.1) is 5.56 Å². The number of pyridine rings is 1. The Morgan fingerprint density at radius 2 is 2.35 bits per heavy atom. The van der Waals surface area contributed by atoms with Crippen LogP contribution in [0.15, 0.2) is 18.3 Å². The first kappa shape index (κ1) is 12.3. The molecule has 0 amide bonds. The van der Waals surface area contributed by atoms with Crippen LogP contribution in [0.4, 0.5) is 5.82 Å². The molecule has 1 aliphatic heterocycles. The molecule has 0 bridgehead atoms. The van der Waals surface area contributed by atoms with Crippen molar-refractivity contribution >= 4 is 23.0 Å². The highest BCUT2D eigenvalue weighted by atomic mass is 32.1. The molecule has 4 heteroatoms. The Hall–Kier alpha value is -1.16. The third-order valence-corrected chi connectivity index (χ3v) is 3.77. The van der Waals surface area contributed by atoms with Crippen molar-refractivity contribution in [2.24, 2.45) is 5.73 Å². The summed E-state index contributed by atoms with van der Waals surface area (Å²) in [6.07, 6.45) is 5.39. The number of nitrogens with two attached hydrogens (primary N) is 1. The molecular formula is C13H19N3S. The predicted molar refractivity (Wildman–Crippen MR) is 75.4 cm³/mol. The van der Waals surface area contributed by atoms with Gasteiger partial charge in [-0.3, -0.25) is 0 Å². The highest BCUT2D eigenvalue weighted by molar-refractivity contribution is 7.80. The maximum atomic E-state index is 5.78. The van der Waals surface area contributed by atoms with Gasteiger partial charge in [0.15, 0.2) is 0 Å². The Balaban J connectivity index is 2.41. The average Bonchev–Trinajstić information content (AvgIpc) is 2.70. The molecule has 2 atom stereocenters. The third-order valence-electron chi connectivity index (χ3n) is 3.55. The van der Waals surface area contributed by atoms with E-state index in [9.17, 15) is 0 Å². The van der Waals surface area contributed by atoms with Crippen molar-refractivity contribution < 1.29 is 0 Å². The number of hydrogen-bond donors (Lipinski definition) is 1. The highest BCUT2D eigenvalue weighted by Crippen LogP contribution is 2.32. The molecule has 1 aromatic rings. The first-order valence-corrected chi connectivity index (χ1v) is 6.59. The zero-order chi connectivity index (χ0) is 12.4. The van der Waals surface area contributed by atoms with Gasteiger partial charge in [0.1, 0.15) is 10.8 Å². The van der Waals surface area contributed by atoms with Gasteiger partial charge in [-0.25, -0.2) is 4.98 Å². The third kappa shape index (κ3) is 2.27. The van der Waals surface area contributed by atoms with E-state index < -0.39 is 0 Å². The second-order valence-electron chi connectivity index (χ2n) is 4.63. The number of nitrogens with zero attached hydrogens (tertiary/aromatic N) is 2. The zero-order valence-electron chi connectivity index (χ0n) is 10.4. The van der Waals surface area contributed by atoms with Crippen LogP contribution >= 0.6 is 12.2 Å². The van der Waals surface area contributed by atoms with E-state index in [1.807, 2.05) is 18.3 Å². The van der Waals surface area contributed by atoms with Crippen LogP contribution in [-0.2, 0) is 0 Å². The predicted octanol–water partition coefficient (Wildman–Crippen LogP) is 2.48. The Labute approximate surface area is 108 Å². The number of thiocarbonyl (C=S) groups is 1. The molecule has 0 radical (unpaired) electrons. The summed E-state index contributed by atoms with van der Waals surface area (Å²) < 4.78 is 0. The van der Waals surface area contributed by atoms with Gasteiger partial charge in [0, 0.05) is 18.3 Å². The van der Waals surface area contributed by atoms with E-state index in [-0.39, 0.29) is 0 Å². The smallest absolute Gasteiger partial charge is 0.139 e. The summed E-state index contributed by atoms with van der Waals surface area (Å²) in [5.41, 5.74) is 6.68. The molecule has 1 aromatic heterocycles. The van der Waals surface area contributed by atoms with Crippen LogP contribution in [0.3, 0.4) is 0 Å². The van der Waals surface area contributed by atoms with Crippen molar-refractivity contribution in [3.8, 4) is 0 Å². The molecule has 2 unspecified atom stereocenters. The number of anilines is 1. The van der Waals surface area contributed by atoms with E-state index in [0.29, 0.717) is 17.1 Å². The van der Waals surface area contributed by atoms with Crippen LogP contribution in [-0.4, -0.2) is 22.1 Å². The summed E-state index contributed by atoms with van der Waals surface area (Å²) >= 11 is 5.11. The SMILES string of the molecule is CCC1CCC(C)N1c1ncccc1C(N)=S. The Morgan fingerprint density at radius 1 is 1.59 bits per heavy atom. The molecular weight excluding hydrogens is 230 g/mol. The number of aromatic nitrogens is 1. The van der Waals surface area contributed by atoms with Gasteiger partial charge in [-0.2, -0.15) is 0 Å². The topological polar surface area (TPSA) is 42.2 Å². The fourth-order valence-electron chi connectivity index (χ4n) is 2.65. The molecule has 1 fully saturated rings. The maximum Gasteiger partial charge on any atom is 0.139 e. The molecule has 2 N–H and O–H groups in total. The minimum Gasteiger partial charge on any atom is -0.389 e. The summed E-state index contributed by atoms with van der Waals surface area (Å²) in [6.45, 7) is 4.47. The molecule has 1 saturated heterocycles. The van der Waals surface area contributed by atoms with Gasteiger partial charge in [-0.1, -0.05) is 19.1 Å². The highest BCUT2D eigenvalue weighted by Gasteiger charge is 2.31. The monoisotopic (exact) mass is 249 g/mol. The van der Waals surface area contributed by atoms with Gasteiger partial charge in [-0.15, -0.1) is 0 Å². The van der Waals surface area contributed by atoms with Crippen molar-refractivity contribution in [1.29, 1.82) is 0 Å². The van der Waals surface area contributed by atoms with Crippen molar-refractivity contribution in [2.45, 2.75) is 45.2 Å². The van der Waals surface area contributed by atoms with E-state index in [4.69, 9.17) is 18.0 Å². The first-order chi connectivity index (χ1) is 8.15. The minimum atomic E-state index is 0.432. The summed E-state index contributed by atoms with van der Waals surface area (Å²) in [6, 6.07) is 4.93. The van der Waals surface area contributed by atoms with E-state index >= 15 is 0 Å². The van der Waals surface area contributed by atoms with E-state index in [0.717, 1.165) is 17.8 Å². The van der Waals surface area contributed by atoms with Gasteiger partial charge in [0.2, 0.25) is 0 Å². The van der Waals surface area contributed by atoms with Gasteiger partial charge < -0.3 is 10.6 Å². The molecule has 0 spiro atoms. The van der Waals surface area contributed by atoms with Crippen molar-refractivity contribution in [2.75, 3.05) is 4.90 Å². The first-order valence-electron chi connectivity index (χ1n) is 6.18. The molecule has 0 aromatic carbocycles. The largest absolute Gasteiger partial charge is 0.389 e. The second-order valence-corrected chi connectivity index (χ2v) is 5.07. The Bertz CT molecular complexity index is 419. The summed E-state index contributed by atoms with van der Waals surface area (Å²) in [5.74, 6) is 0.955. The van der Waals surface area contributed by atoms with E-state index in [1.165, 1.54) is 12.8 Å². The molecule has 0 saturated carbocycles. The lowest BCUT2D eigenvalue weighted by Gasteiger charge is -2.30. The number of rotatable bonds is 3. The number of hydrogen-bond acceptors (Lipinski definition) is 3. The van der Waals surface area contributed by atoms with Gasteiger partial charge >= 0.3 is 0 Å². The molecule has 1 aliphatic rings. The lowest BCUT2D eigenvalue weighted by atomic mass is 10.1. The zero-order valence-corrected chi connectivity index (χ0v) is 11.2. The van der Waals surface area contributed by atoms with Gasteiger partial charge in [0.25, 0.3) is 0 Å². The van der Waals surface area contributed by atoms with Crippen LogP contribution in [0.1, 0.15) is 38.7 Å². The fraction of sp³-hybridized carbons (Fsp3) is 0.538. The molecule has 3 nitrogen and oxygen atoms in total. The van der Waals surface area contributed by atoms with E-state index in [1.54, 1.807) is 0 Å². The molecule has 92 valence electrons. The van der Waals surface area contributed by atoms with Crippen LogP contribution in [0.25, 0.3) is 0 Å². The van der Waals surface area contributed by atoms with Crippen molar-refractivity contribution in [1.82, 2.24) is 4.98 Å². The summed E-state index contributed by atoms with van der Waals surface area (Å²) in [7, 11) is 0. The second kappa shape index (κ2) is 5.00. The molecule has 2 heterocycles. The normalized spacial score (nSPS) is 24.0. The van der Waals surface area contributed by atoms with Gasteiger partial charge in [-0.05, 0) is 38.3 Å². The van der Waals surface area contributed by atoms with E-state index in [2.05, 4.69) is 23.7 Å². The van der Waals surface area contributed by atoms with Crippen LogP contribution < -0.4 is 10.6 Å². The molecule has 0 aliphatic carbocycles. The van der Waals surface area contributed by atoms with Crippen molar-refractivity contribution in [3.05, 3.63) is 23.9 Å². The van der Waals surface area contributed by atoms with Crippen LogP contribution in [0.5, 0.6) is 0 Å². The average molecular weight is 249 g/mol. The fourth-order valence-corrected chi connectivity index (χ4v) is 2.81. The van der Waals surface area contributed by atoms with Crippen molar-refractivity contribution in [3.63, 3.8) is 0 Å². The van der Waals surface area contributed by atoms with Crippen LogP contribution in [0, 0.1) is 0 Å².